The van der Waals surface area contributed by atoms with Crippen molar-refractivity contribution in [3.05, 3.63) is 52.6 Å². The normalized spacial score (nSPS) is 18.0. The minimum atomic E-state index is -0.307. The highest BCUT2D eigenvalue weighted by molar-refractivity contribution is 6.29. The number of anilines is 1. The summed E-state index contributed by atoms with van der Waals surface area (Å²) in [5, 5.41) is 2.83. The smallest absolute Gasteiger partial charge is 0.239 e. The summed E-state index contributed by atoms with van der Waals surface area (Å²) in [7, 11) is 1.68. The number of carbonyl (C=O) groups excluding carboxylic acids is 1. The molecule has 0 radical (unpaired) electrons. The van der Waals surface area contributed by atoms with Gasteiger partial charge in [0.25, 0.3) is 0 Å². The van der Waals surface area contributed by atoms with Gasteiger partial charge in [0.1, 0.15) is 11.5 Å². The Bertz CT molecular complexity index is 1060. The molecule has 2 aliphatic heterocycles. The lowest BCUT2D eigenvalue weighted by Gasteiger charge is -2.31. The second kappa shape index (κ2) is 7.31. The molecule has 0 fully saturated rings. The molecule has 6 heteroatoms. The topological polar surface area (TPSA) is 59.9 Å². The Hall–Kier alpha value is -2.53. The second-order valence-corrected chi connectivity index (χ2v) is 9.44. The van der Waals surface area contributed by atoms with Crippen molar-refractivity contribution >= 4 is 28.9 Å². The predicted octanol–water partition coefficient (Wildman–Crippen LogP) is 4.76. The highest BCUT2D eigenvalue weighted by atomic mass is 35.5. The van der Waals surface area contributed by atoms with Crippen LogP contribution in [0.4, 0.5) is 5.69 Å². The summed E-state index contributed by atoms with van der Waals surface area (Å²) >= 11 is 5.65. The SMILES string of the molecule is COc1cc2c(c3c1OC(C)(C)C3)C(c1cccc(NC(=O)CCl)c1)=NC(C)(C)C2. The van der Waals surface area contributed by atoms with Gasteiger partial charge >= 0.3 is 0 Å². The van der Waals surface area contributed by atoms with Crippen LogP contribution in [0.15, 0.2) is 35.3 Å². The van der Waals surface area contributed by atoms with Gasteiger partial charge in [-0.05, 0) is 57.9 Å². The van der Waals surface area contributed by atoms with Gasteiger partial charge in [0.15, 0.2) is 11.5 Å². The molecule has 0 bridgehead atoms. The first-order valence-corrected chi connectivity index (χ1v) is 10.6. The van der Waals surface area contributed by atoms with Gasteiger partial charge in [-0.15, -0.1) is 11.6 Å². The van der Waals surface area contributed by atoms with Crippen LogP contribution in [-0.2, 0) is 17.6 Å². The molecule has 0 spiro atoms. The quantitative estimate of drug-likeness (QED) is 0.717. The third-order valence-corrected chi connectivity index (χ3v) is 5.69. The van der Waals surface area contributed by atoms with Gasteiger partial charge in [-0.25, -0.2) is 0 Å². The van der Waals surface area contributed by atoms with Gasteiger partial charge in [0.2, 0.25) is 5.91 Å². The Kier molecular flexibility index (Phi) is 5.05. The average Bonchev–Trinajstić information content (AvgIpc) is 3.00. The number of nitrogens with zero attached hydrogens (tertiary/aromatic N) is 1. The second-order valence-electron chi connectivity index (χ2n) is 9.17. The van der Waals surface area contributed by atoms with Crippen LogP contribution in [0.1, 0.15) is 49.9 Å². The highest BCUT2D eigenvalue weighted by Crippen LogP contribution is 2.47. The van der Waals surface area contributed by atoms with Crippen LogP contribution < -0.4 is 14.8 Å². The Labute approximate surface area is 182 Å². The number of alkyl halides is 1. The fourth-order valence-corrected chi connectivity index (χ4v) is 4.44. The molecule has 2 aliphatic rings. The Morgan fingerprint density at radius 1 is 1.23 bits per heavy atom. The van der Waals surface area contributed by atoms with E-state index >= 15 is 0 Å². The maximum absolute atomic E-state index is 11.8. The maximum atomic E-state index is 11.8. The molecule has 0 atom stereocenters. The fourth-order valence-electron chi connectivity index (χ4n) is 4.37. The first kappa shape index (κ1) is 20.7. The summed E-state index contributed by atoms with van der Waals surface area (Å²) in [6.07, 6.45) is 1.60. The molecule has 2 aromatic rings. The summed E-state index contributed by atoms with van der Waals surface area (Å²) in [4.78, 5) is 16.9. The van der Waals surface area contributed by atoms with Crippen molar-refractivity contribution in [1.29, 1.82) is 0 Å². The van der Waals surface area contributed by atoms with E-state index < -0.39 is 0 Å². The number of methoxy groups -OCH3 is 1. The number of amides is 1. The van der Waals surface area contributed by atoms with E-state index in [1.54, 1.807) is 7.11 Å². The Morgan fingerprint density at radius 2 is 2.00 bits per heavy atom. The molecule has 30 heavy (non-hydrogen) atoms. The van der Waals surface area contributed by atoms with E-state index in [1.165, 1.54) is 5.56 Å². The van der Waals surface area contributed by atoms with Crippen LogP contribution in [0.3, 0.4) is 0 Å². The minimum Gasteiger partial charge on any atom is -0.493 e. The van der Waals surface area contributed by atoms with E-state index in [0.717, 1.165) is 46.7 Å². The molecule has 0 saturated carbocycles. The maximum Gasteiger partial charge on any atom is 0.239 e. The van der Waals surface area contributed by atoms with E-state index in [2.05, 4.69) is 39.1 Å². The van der Waals surface area contributed by atoms with Crippen molar-refractivity contribution in [1.82, 2.24) is 0 Å². The first-order valence-electron chi connectivity index (χ1n) is 10.1. The number of nitrogens with one attached hydrogen (secondary N) is 1. The zero-order valence-corrected chi connectivity index (χ0v) is 18.8. The average molecular weight is 427 g/mol. The van der Waals surface area contributed by atoms with Crippen LogP contribution in [0.25, 0.3) is 0 Å². The summed E-state index contributed by atoms with van der Waals surface area (Å²) in [6.45, 7) is 8.44. The van der Waals surface area contributed by atoms with Gasteiger partial charge in [0.05, 0.1) is 18.4 Å². The molecule has 158 valence electrons. The van der Waals surface area contributed by atoms with E-state index in [-0.39, 0.29) is 22.9 Å². The zero-order valence-electron chi connectivity index (χ0n) is 18.1. The lowest BCUT2D eigenvalue weighted by atomic mass is 9.81. The number of hydrogen-bond donors (Lipinski definition) is 1. The molecular weight excluding hydrogens is 400 g/mol. The van der Waals surface area contributed by atoms with E-state index in [0.29, 0.717) is 5.69 Å². The van der Waals surface area contributed by atoms with E-state index in [9.17, 15) is 4.79 Å². The molecule has 1 amide bonds. The largest absolute Gasteiger partial charge is 0.493 e. The van der Waals surface area contributed by atoms with Crippen molar-refractivity contribution in [2.24, 2.45) is 4.99 Å². The third-order valence-electron chi connectivity index (χ3n) is 5.44. The molecule has 2 heterocycles. The molecule has 0 saturated heterocycles. The van der Waals surface area contributed by atoms with Gasteiger partial charge in [-0.1, -0.05) is 12.1 Å². The van der Waals surface area contributed by atoms with E-state index in [1.807, 2.05) is 24.3 Å². The zero-order chi connectivity index (χ0) is 21.7. The van der Waals surface area contributed by atoms with Crippen molar-refractivity contribution in [3.63, 3.8) is 0 Å². The summed E-state index contributed by atoms with van der Waals surface area (Å²) in [6, 6.07) is 9.84. The van der Waals surface area contributed by atoms with Gasteiger partial charge in [0, 0.05) is 28.8 Å². The van der Waals surface area contributed by atoms with Crippen LogP contribution in [0.2, 0.25) is 0 Å². The van der Waals surface area contributed by atoms with Gasteiger partial charge in [-0.3, -0.25) is 9.79 Å². The van der Waals surface area contributed by atoms with Gasteiger partial charge in [-0.2, -0.15) is 0 Å². The molecule has 4 rings (SSSR count). The van der Waals surface area contributed by atoms with Crippen LogP contribution in [0, 0.1) is 0 Å². The van der Waals surface area contributed by atoms with E-state index in [4.69, 9.17) is 26.1 Å². The molecule has 0 aliphatic carbocycles. The molecule has 0 unspecified atom stereocenters. The van der Waals surface area contributed by atoms with Crippen LogP contribution in [0.5, 0.6) is 11.5 Å². The number of carbonyl (C=O) groups is 1. The molecule has 1 N–H and O–H groups in total. The lowest BCUT2D eigenvalue weighted by Crippen LogP contribution is -2.30. The van der Waals surface area contributed by atoms with Crippen molar-refractivity contribution < 1.29 is 14.3 Å². The number of rotatable bonds is 4. The number of ether oxygens (including phenoxy) is 2. The highest BCUT2D eigenvalue weighted by Gasteiger charge is 2.39. The van der Waals surface area contributed by atoms with Gasteiger partial charge < -0.3 is 14.8 Å². The number of fused-ring (bicyclic) bond motifs is 3. The minimum absolute atomic E-state index is 0.0826. The summed E-state index contributed by atoms with van der Waals surface area (Å²) in [5.74, 6) is 1.26. The predicted molar refractivity (Wildman–Crippen MR) is 121 cm³/mol. The van der Waals surface area contributed by atoms with Crippen molar-refractivity contribution in [3.8, 4) is 11.5 Å². The number of aliphatic imine (C=N–C) groups is 1. The Balaban J connectivity index is 1.89. The standard InChI is InChI=1S/C24H27ClN2O3/c1-23(2)11-15-10-18(29-5)22-17(12-24(3,4)30-22)20(15)21(27-23)14-7-6-8-16(9-14)26-19(28)13-25/h6-10H,11-13H2,1-5H3,(H,26,28). The van der Waals surface area contributed by atoms with Crippen molar-refractivity contribution in [2.75, 3.05) is 18.3 Å². The third kappa shape index (κ3) is 3.79. The lowest BCUT2D eigenvalue weighted by molar-refractivity contribution is -0.113. The molecule has 0 aromatic heterocycles. The van der Waals surface area contributed by atoms with Crippen LogP contribution in [-0.4, -0.2) is 35.7 Å². The summed E-state index contributed by atoms with van der Waals surface area (Å²) < 4.78 is 11.9. The Morgan fingerprint density at radius 3 is 2.70 bits per heavy atom. The number of benzene rings is 2. The first-order chi connectivity index (χ1) is 14.1. The molecular formula is C24H27ClN2O3. The monoisotopic (exact) mass is 426 g/mol. The van der Waals surface area contributed by atoms with Crippen molar-refractivity contribution in [2.45, 2.75) is 51.7 Å². The summed E-state index contributed by atoms with van der Waals surface area (Å²) in [5.41, 5.74) is 5.47. The molecule has 2 aromatic carbocycles. The number of halogens is 1. The fraction of sp³-hybridized carbons (Fsp3) is 0.417. The molecule has 5 nitrogen and oxygen atoms in total. The van der Waals surface area contributed by atoms with Crippen LogP contribution >= 0.6 is 11.6 Å². The number of hydrogen-bond acceptors (Lipinski definition) is 4.